The van der Waals surface area contributed by atoms with E-state index in [1.807, 2.05) is 6.20 Å². The van der Waals surface area contributed by atoms with Crippen molar-refractivity contribution in [3.63, 3.8) is 0 Å². The van der Waals surface area contributed by atoms with Gasteiger partial charge in [0.25, 0.3) is 0 Å². The third-order valence-corrected chi connectivity index (χ3v) is 4.56. The Morgan fingerprint density at radius 1 is 0.739 bits per heavy atom. The second-order valence-electron chi connectivity index (χ2n) is 6.38. The lowest BCUT2D eigenvalue weighted by Crippen LogP contribution is -2.06. The summed E-state index contributed by atoms with van der Waals surface area (Å²) in [4.78, 5) is 3.46. The minimum Gasteiger partial charge on any atom is -0.211 e. The van der Waals surface area contributed by atoms with Gasteiger partial charge in [0.15, 0.2) is 6.20 Å². The number of nitrogens with one attached hydrogen (secondary N) is 1. The molecule has 23 heavy (non-hydrogen) atoms. The molecule has 0 saturated heterocycles. The molecule has 0 fully saturated rings. The third kappa shape index (κ3) is 2.39. The normalized spacial score (nSPS) is 11.4. The summed E-state index contributed by atoms with van der Waals surface area (Å²) in [6.07, 6.45) is 2.05. The monoisotopic (exact) mass is 298 g/mol. The first-order chi connectivity index (χ1) is 11.2. The molecule has 1 N–H and O–H groups in total. The molecule has 0 aliphatic carbocycles. The van der Waals surface area contributed by atoms with Crippen molar-refractivity contribution in [1.82, 2.24) is 0 Å². The molecule has 0 bridgehead atoms. The number of rotatable bonds is 2. The first kappa shape index (κ1) is 14.0. The Morgan fingerprint density at radius 2 is 1.61 bits per heavy atom. The van der Waals surface area contributed by atoms with Crippen LogP contribution < -0.4 is 4.98 Å². The van der Waals surface area contributed by atoms with Crippen LogP contribution in [0.2, 0.25) is 0 Å². The molecule has 0 aliphatic heterocycles. The van der Waals surface area contributed by atoms with Gasteiger partial charge in [-0.2, -0.15) is 0 Å². The maximum absolute atomic E-state index is 3.46. The molecule has 0 radical (unpaired) electrons. The van der Waals surface area contributed by atoms with Gasteiger partial charge in [-0.05, 0) is 40.5 Å². The molecule has 1 heterocycles. The first-order valence-electron chi connectivity index (χ1n) is 8.16. The Kier molecular flexibility index (Phi) is 3.34. The molecule has 3 aromatic carbocycles. The van der Waals surface area contributed by atoms with E-state index in [1.165, 1.54) is 38.4 Å². The zero-order valence-electron chi connectivity index (χ0n) is 13.5. The lowest BCUT2D eigenvalue weighted by atomic mass is 9.96. The summed E-state index contributed by atoms with van der Waals surface area (Å²) < 4.78 is 0. The lowest BCUT2D eigenvalue weighted by Gasteiger charge is -2.08. The average Bonchev–Trinajstić information content (AvgIpc) is 2.61. The van der Waals surface area contributed by atoms with Crippen LogP contribution in [0.3, 0.4) is 0 Å². The van der Waals surface area contributed by atoms with Crippen molar-refractivity contribution in [3.05, 3.63) is 78.5 Å². The smallest absolute Gasteiger partial charge is 0.211 e. The van der Waals surface area contributed by atoms with Crippen LogP contribution in [-0.4, -0.2) is 0 Å². The van der Waals surface area contributed by atoms with Crippen molar-refractivity contribution in [2.45, 2.75) is 19.8 Å². The van der Waals surface area contributed by atoms with E-state index in [0.717, 1.165) is 0 Å². The van der Waals surface area contributed by atoms with Crippen LogP contribution in [0.4, 0.5) is 0 Å². The molecule has 1 aromatic heterocycles. The van der Waals surface area contributed by atoms with Gasteiger partial charge in [-0.25, -0.2) is 4.98 Å². The van der Waals surface area contributed by atoms with Crippen molar-refractivity contribution in [3.8, 4) is 11.3 Å². The van der Waals surface area contributed by atoms with Gasteiger partial charge in [0.05, 0.1) is 5.39 Å². The van der Waals surface area contributed by atoms with Gasteiger partial charge in [-0.1, -0.05) is 56.3 Å². The fraction of sp³-hybridized carbons (Fsp3) is 0.136. The Morgan fingerprint density at radius 3 is 2.48 bits per heavy atom. The number of aromatic amines is 1. The average molecular weight is 298 g/mol. The van der Waals surface area contributed by atoms with E-state index >= 15 is 0 Å². The number of aromatic nitrogens is 1. The van der Waals surface area contributed by atoms with Gasteiger partial charge in [0.2, 0.25) is 5.69 Å². The number of H-pyrrole nitrogens is 1. The molecule has 0 saturated carbocycles. The van der Waals surface area contributed by atoms with Crippen LogP contribution in [0.5, 0.6) is 0 Å². The van der Waals surface area contributed by atoms with Crippen LogP contribution in [0.25, 0.3) is 32.8 Å². The summed E-state index contributed by atoms with van der Waals surface area (Å²) in [5, 5.41) is 5.16. The predicted molar refractivity (Wildman–Crippen MR) is 97.5 cm³/mol. The number of benzene rings is 3. The SMILES string of the molecule is CC(C)c1cccc(-c2[nH+]ccc3c2ccc2ccccc23)c1. The van der Waals surface area contributed by atoms with E-state index in [-0.39, 0.29) is 0 Å². The number of hydrogen-bond acceptors (Lipinski definition) is 0. The topological polar surface area (TPSA) is 14.1 Å². The summed E-state index contributed by atoms with van der Waals surface area (Å²) in [6.45, 7) is 4.47. The predicted octanol–water partition coefficient (Wildman–Crippen LogP) is 5.60. The number of pyridine rings is 1. The second-order valence-corrected chi connectivity index (χ2v) is 6.38. The Bertz CT molecular complexity index is 999. The molecule has 1 nitrogen and oxygen atoms in total. The van der Waals surface area contributed by atoms with Gasteiger partial charge in [0, 0.05) is 17.0 Å². The van der Waals surface area contributed by atoms with Crippen LogP contribution >= 0.6 is 0 Å². The fourth-order valence-electron chi connectivity index (χ4n) is 3.27. The Hall–Kier alpha value is -2.67. The number of fused-ring (bicyclic) bond motifs is 3. The minimum absolute atomic E-state index is 0.533. The maximum Gasteiger partial charge on any atom is 0.218 e. The van der Waals surface area contributed by atoms with Gasteiger partial charge in [-0.3, -0.25) is 0 Å². The van der Waals surface area contributed by atoms with Crippen molar-refractivity contribution in [2.75, 3.05) is 0 Å². The summed E-state index contributed by atoms with van der Waals surface area (Å²) in [5.74, 6) is 0.533. The van der Waals surface area contributed by atoms with Crippen LogP contribution in [0, 0.1) is 0 Å². The van der Waals surface area contributed by atoms with E-state index in [1.54, 1.807) is 0 Å². The van der Waals surface area contributed by atoms with Crippen molar-refractivity contribution >= 4 is 21.5 Å². The van der Waals surface area contributed by atoms with E-state index in [4.69, 9.17) is 0 Å². The maximum atomic E-state index is 3.46. The molecule has 0 unspecified atom stereocenters. The molecular weight excluding hydrogens is 278 g/mol. The van der Waals surface area contributed by atoms with E-state index < -0.39 is 0 Å². The van der Waals surface area contributed by atoms with Crippen LogP contribution in [0.15, 0.2) is 72.9 Å². The van der Waals surface area contributed by atoms with Gasteiger partial charge >= 0.3 is 0 Å². The van der Waals surface area contributed by atoms with Crippen molar-refractivity contribution in [2.24, 2.45) is 0 Å². The highest BCUT2D eigenvalue weighted by atomic mass is 14.7. The molecular formula is C22H20N+. The molecule has 0 atom stereocenters. The zero-order valence-corrected chi connectivity index (χ0v) is 13.5. The van der Waals surface area contributed by atoms with E-state index in [0.29, 0.717) is 5.92 Å². The van der Waals surface area contributed by atoms with Crippen molar-refractivity contribution < 1.29 is 4.98 Å². The Balaban J connectivity index is 2.01. The van der Waals surface area contributed by atoms with E-state index in [2.05, 4.69) is 85.6 Å². The molecule has 4 aromatic rings. The highest BCUT2D eigenvalue weighted by Gasteiger charge is 2.13. The fourth-order valence-corrected chi connectivity index (χ4v) is 3.27. The zero-order chi connectivity index (χ0) is 15.8. The standard InChI is InChI=1S/C22H19N/c1-15(2)17-7-5-8-18(14-17)22-21-11-10-16-6-3-4-9-19(16)20(21)12-13-23-22/h3-15H,1-2H3/p+1. The summed E-state index contributed by atoms with van der Waals surface area (Å²) >= 11 is 0. The summed E-state index contributed by atoms with van der Waals surface area (Å²) in [6, 6.07) is 24.0. The molecule has 0 amide bonds. The second kappa shape index (κ2) is 5.51. The highest BCUT2D eigenvalue weighted by Crippen LogP contribution is 2.31. The highest BCUT2D eigenvalue weighted by molar-refractivity contribution is 6.10. The Labute approximate surface area is 136 Å². The largest absolute Gasteiger partial charge is 0.218 e. The van der Waals surface area contributed by atoms with Crippen LogP contribution in [-0.2, 0) is 0 Å². The quantitative estimate of drug-likeness (QED) is 0.428. The van der Waals surface area contributed by atoms with E-state index in [9.17, 15) is 0 Å². The first-order valence-corrected chi connectivity index (χ1v) is 8.16. The summed E-state index contributed by atoms with van der Waals surface area (Å²) in [7, 11) is 0. The van der Waals surface area contributed by atoms with Crippen LogP contribution in [0.1, 0.15) is 25.3 Å². The molecule has 112 valence electrons. The summed E-state index contributed by atoms with van der Waals surface area (Å²) in [5.41, 5.74) is 3.81. The van der Waals surface area contributed by atoms with Crippen molar-refractivity contribution in [1.29, 1.82) is 0 Å². The number of hydrogen-bond donors (Lipinski definition) is 0. The molecule has 0 aliphatic rings. The molecule has 4 rings (SSSR count). The van der Waals surface area contributed by atoms with Gasteiger partial charge in [-0.15, -0.1) is 0 Å². The van der Waals surface area contributed by atoms with Gasteiger partial charge < -0.3 is 0 Å². The molecule has 1 heteroatoms. The molecule has 0 spiro atoms. The minimum atomic E-state index is 0.533. The lowest BCUT2D eigenvalue weighted by molar-refractivity contribution is -0.362. The van der Waals surface area contributed by atoms with Gasteiger partial charge in [0.1, 0.15) is 0 Å². The third-order valence-electron chi connectivity index (χ3n) is 4.56.